The van der Waals surface area contributed by atoms with Crippen molar-refractivity contribution in [2.24, 2.45) is 5.73 Å². The number of aliphatic carboxylic acids is 2. The van der Waals surface area contributed by atoms with E-state index < -0.39 is 132 Å². The summed E-state index contributed by atoms with van der Waals surface area (Å²) in [4.78, 5) is 53.5. The molecule has 0 radical (unpaired) electrons. The van der Waals surface area contributed by atoms with Gasteiger partial charge in [0, 0.05) is 12.2 Å². The van der Waals surface area contributed by atoms with Crippen molar-refractivity contribution in [3.05, 3.63) is 11.0 Å². The molecular weight excluding hydrogens is 711 g/mol. The number of allylic oxidation sites excluding steroid dienone is 2. The maximum absolute atomic E-state index is 14.6. The maximum Gasteiger partial charge on any atom is 0.460 e. The summed E-state index contributed by atoms with van der Waals surface area (Å²) >= 11 is -1.07. The smallest absolute Gasteiger partial charge is 0.460 e. The number of carbonyl (C=O) groups excluding carboxylic acids is 3. The van der Waals surface area contributed by atoms with Crippen molar-refractivity contribution in [1.82, 2.24) is 10.6 Å². The standard InChI is InChI=1S/C20H18F15N3O7S/c21-14(22,15(23,24)16(25,26)17(27,28)18(29,30)19(31,32)20(33,34)35)9(3-4-39)46-6-8(12(43)37-5-11(41)42)38-10(40)2-1-7(36)13(44)45/h3-4,7-8H,1-2,5-6,36H2,(H,37,43)(H,38,40)(H,41,42)(H,44,45)/b9-3-/t7-,8-/m0/s1. The summed E-state index contributed by atoms with van der Waals surface area (Å²) in [5, 5.41) is 20.4. The Kier molecular flexibility index (Phi) is 13.4. The summed E-state index contributed by atoms with van der Waals surface area (Å²) in [6, 6.07) is -4.13. The van der Waals surface area contributed by atoms with Crippen LogP contribution in [0.25, 0.3) is 0 Å². The Morgan fingerprint density at radius 1 is 0.761 bits per heavy atom. The van der Waals surface area contributed by atoms with E-state index in [-0.39, 0.29) is 0 Å². The quantitative estimate of drug-likeness (QED) is 0.0807. The molecule has 2 atom stereocenters. The molecule has 0 unspecified atom stereocenters. The van der Waals surface area contributed by atoms with Crippen LogP contribution in [0.5, 0.6) is 0 Å². The van der Waals surface area contributed by atoms with E-state index in [1.165, 1.54) is 5.32 Å². The first-order valence-electron chi connectivity index (χ1n) is 11.3. The summed E-state index contributed by atoms with van der Waals surface area (Å²) in [5.41, 5.74) is 5.11. The van der Waals surface area contributed by atoms with Gasteiger partial charge in [-0.1, -0.05) is 0 Å². The molecule has 46 heavy (non-hydrogen) atoms. The van der Waals surface area contributed by atoms with Gasteiger partial charge in [-0.2, -0.15) is 65.9 Å². The Balaban J connectivity index is 6.60. The fourth-order valence-electron chi connectivity index (χ4n) is 2.75. The predicted octanol–water partition coefficient (Wildman–Crippen LogP) is 3.05. The molecule has 6 N–H and O–H groups in total. The highest BCUT2D eigenvalue weighted by Gasteiger charge is 2.93. The minimum Gasteiger partial charge on any atom is -0.480 e. The molecule has 266 valence electrons. The number of carbonyl (C=O) groups is 5. The van der Waals surface area contributed by atoms with Crippen molar-refractivity contribution in [1.29, 1.82) is 0 Å². The first-order chi connectivity index (χ1) is 20.4. The summed E-state index contributed by atoms with van der Waals surface area (Å²) < 4.78 is 203. The number of nitrogens with two attached hydrogens (primary N) is 1. The Labute approximate surface area is 248 Å². The van der Waals surface area contributed by atoms with E-state index in [4.69, 9.17) is 15.9 Å². The minimum atomic E-state index is -8.60. The molecule has 0 aliphatic heterocycles. The van der Waals surface area contributed by atoms with Gasteiger partial charge in [-0.25, -0.2) is 0 Å². The summed E-state index contributed by atoms with van der Waals surface area (Å²) in [5.74, 6) is -57.1. The van der Waals surface area contributed by atoms with E-state index in [1.807, 2.05) is 0 Å². The Hall–Kier alpha value is -3.45. The predicted molar refractivity (Wildman–Crippen MR) is 120 cm³/mol. The lowest BCUT2D eigenvalue weighted by molar-refractivity contribution is -0.449. The van der Waals surface area contributed by atoms with E-state index in [9.17, 15) is 89.8 Å². The highest BCUT2D eigenvalue weighted by Crippen LogP contribution is 2.63. The average Bonchev–Trinajstić information content (AvgIpc) is 2.90. The van der Waals surface area contributed by atoms with Crippen LogP contribution in [0.3, 0.4) is 0 Å². The average molecular weight is 729 g/mol. The van der Waals surface area contributed by atoms with Gasteiger partial charge in [0.05, 0.1) is 4.91 Å². The second-order valence-electron chi connectivity index (χ2n) is 8.64. The van der Waals surface area contributed by atoms with E-state index in [1.54, 1.807) is 5.32 Å². The molecule has 0 spiro atoms. The first-order valence-corrected chi connectivity index (χ1v) is 12.3. The van der Waals surface area contributed by atoms with Gasteiger partial charge in [0.25, 0.3) is 0 Å². The van der Waals surface area contributed by atoms with Crippen molar-refractivity contribution in [3.8, 4) is 0 Å². The molecule has 0 aliphatic carbocycles. The molecule has 0 aliphatic rings. The van der Waals surface area contributed by atoms with Gasteiger partial charge >= 0.3 is 53.7 Å². The topological polar surface area (TPSA) is 176 Å². The number of carboxylic acids is 2. The van der Waals surface area contributed by atoms with Gasteiger partial charge in [0.2, 0.25) is 11.8 Å². The van der Waals surface area contributed by atoms with Crippen LogP contribution in [-0.4, -0.2) is 106 Å². The fraction of sp³-hybridized carbons (Fsp3) is 0.650. The number of aldehydes is 1. The molecule has 0 saturated carbocycles. The highest BCUT2D eigenvalue weighted by atomic mass is 32.2. The van der Waals surface area contributed by atoms with Crippen LogP contribution in [0.1, 0.15) is 12.8 Å². The van der Waals surface area contributed by atoms with Gasteiger partial charge in [-0.3, -0.25) is 24.0 Å². The SMILES string of the molecule is N[C@@H](CCC(=O)N[C@@H](CS/C(=C\C=O)C(F)(F)C(F)(F)C(F)(F)C(F)(F)C(F)(F)C(F)(F)C(F)(F)F)C(=O)NCC(=O)O)C(=O)O. The van der Waals surface area contributed by atoms with Crippen molar-refractivity contribution in [2.45, 2.75) is 66.6 Å². The van der Waals surface area contributed by atoms with Crippen molar-refractivity contribution in [2.75, 3.05) is 12.3 Å². The van der Waals surface area contributed by atoms with E-state index >= 15 is 0 Å². The molecule has 26 heteroatoms. The van der Waals surface area contributed by atoms with Gasteiger partial charge in [-0.05, 0) is 12.5 Å². The maximum atomic E-state index is 14.6. The fourth-order valence-corrected chi connectivity index (χ4v) is 3.79. The van der Waals surface area contributed by atoms with Crippen LogP contribution >= 0.6 is 11.8 Å². The third-order valence-electron chi connectivity index (χ3n) is 5.33. The molecule has 0 heterocycles. The van der Waals surface area contributed by atoms with E-state index in [2.05, 4.69) is 0 Å². The number of carboxylic acid groups (broad SMARTS) is 2. The zero-order valence-corrected chi connectivity index (χ0v) is 22.5. The second kappa shape index (κ2) is 14.5. The lowest BCUT2D eigenvalue weighted by Gasteiger charge is -2.41. The number of rotatable bonds is 18. The molecule has 0 saturated heterocycles. The minimum absolute atomic E-state index is 0.695. The largest absolute Gasteiger partial charge is 0.480 e. The van der Waals surface area contributed by atoms with Crippen LogP contribution in [0, 0.1) is 0 Å². The van der Waals surface area contributed by atoms with Crippen LogP contribution in [0.2, 0.25) is 0 Å². The third kappa shape index (κ3) is 8.47. The zero-order chi connectivity index (χ0) is 36.9. The van der Waals surface area contributed by atoms with Crippen LogP contribution in [-0.2, 0) is 24.0 Å². The van der Waals surface area contributed by atoms with Gasteiger partial charge in [0.15, 0.2) is 0 Å². The summed E-state index contributed by atoms with van der Waals surface area (Å²) in [7, 11) is 0. The number of alkyl halides is 15. The number of thioether (sulfide) groups is 1. The molecular formula is C20H18F15N3O7S. The number of hydrogen-bond acceptors (Lipinski definition) is 7. The third-order valence-corrected chi connectivity index (χ3v) is 6.53. The van der Waals surface area contributed by atoms with Gasteiger partial charge in [0.1, 0.15) is 24.9 Å². The number of amides is 2. The van der Waals surface area contributed by atoms with Crippen LogP contribution < -0.4 is 16.4 Å². The molecule has 0 bridgehead atoms. The van der Waals surface area contributed by atoms with Gasteiger partial charge in [-0.15, -0.1) is 11.8 Å². The Morgan fingerprint density at radius 2 is 1.22 bits per heavy atom. The second-order valence-corrected chi connectivity index (χ2v) is 9.70. The van der Waals surface area contributed by atoms with E-state index in [0.717, 1.165) is 0 Å². The molecule has 2 amide bonds. The Bertz CT molecular complexity index is 1200. The number of nitrogens with one attached hydrogen (secondary N) is 2. The number of halogens is 15. The van der Waals surface area contributed by atoms with Crippen LogP contribution in [0.4, 0.5) is 65.9 Å². The summed E-state index contributed by atoms with van der Waals surface area (Å²) in [6.45, 7) is -1.30. The zero-order valence-electron chi connectivity index (χ0n) is 21.7. The molecule has 0 aromatic carbocycles. The van der Waals surface area contributed by atoms with Crippen LogP contribution in [0.15, 0.2) is 11.0 Å². The lowest BCUT2D eigenvalue weighted by atomic mass is 9.91. The van der Waals surface area contributed by atoms with Crippen molar-refractivity contribution >= 4 is 41.8 Å². The molecule has 0 aromatic rings. The molecule has 10 nitrogen and oxygen atoms in total. The van der Waals surface area contributed by atoms with E-state index in [0.29, 0.717) is 0 Å². The highest BCUT2D eigenvalue weighted by molar-refractivity contribution is 8.03. The monoisotopic (exact) mass is 729 g/mol. The van der Waals surface area contributed by atoms with Gasteiger partial charge < -0.3 is 26.6 Å². The molecule has 0 rings (SSSR count). The van der Waals surface area contributed by atoms with Crippen molar-refractivity contribution in [3.63, 3.8) is 0 Å². The normalized spacial score (nSPS) is 15.5. The van der Waals surface area contributed by atoms with Crippen molar-refractivity contribution < 1.29 is 100 Å². The molecule has 0 fully saturated rings. The summed E-state index contributed by atoms with van der Waals surface area (Å²) in [6.07, 6.45) is -11.2. The first kappa shape index (κ1) is 42.6. The number of hydrogen-bond donors (Lipinski definition) is 5. The molecule has 0 aromatic heterocycles. The Morgan fingerprint density at radius 3 is 1.63 bits per heavy atom. The lowest BCUT2D eigenvalue weighted by Crippen LogP contribution is -2.72.